The van der Waals surface area contributed by atoms with Crippen LogP contribution in [0.1, 0.15) is 19.3 Å². The summed E-state index contributed by atoms with van der Waals surface area (Å²) in [7, 11) is 4.19. The van der Waals surface area contributed by atoms with E-state index in [-0.39, 0.29) is 6.03 Å². The van der Waals surface area contributed by atoms with Gasteiger partial charge >= 0.3 is 6.03 Å². The SMILES string of the molecule is CN(C)[C@@H]1CCCN(C(=O)Nc2ccc(Cl)c(Cl)c2)CC1. The van der Waals surface area contributed by atoms with Crippen molar-refractivity contribution in [3.8, 4) is 0 Å². The normalized spacial score (nSPS) is 19.5. The van der Waals surface area contributed by atoms with E-state index in [0.29, 0.717) is 21.8 Å². The summed E-state index contributed by atoms with van der Waals surface area (Å²) in [5.41, 5.74) is 0.669. The molecule has 0 radical (unpaired) electrons. The minimum atomic E-state index is -0.0761. The monoisotopic (exact) mass is 329 g/mol. The van der Waals surface area contributed by atoms with Gasteiger partial charge in [-0.25, -0.2) is 4.79 Å². The van der Waals surface area contributed by atoms with Gasteiger partial charge in [-0.2, -0.15) is 0 Å². The quantitative estimate of drug-likeness (QED) is 0.891. The minimum Gasteiger partial charge on any atom is -0.324 e. The summed E-state index contributed by atoms with van der Waals surface area (Å²) in [6.07, 6.45) is 3.16. The Balaban J connectivity index is 1.95. The van der Waals surface area contributed by atoms with Crippen LogP contribution >= 0.6 is 23.2 Å². The summed E-state index contributed by atoms with van der Waals surface area (Å²) in [5.74, 6) is 0. The average Bonchev–Trinajstić information content (AvgIpc) is 2.69. The Hall–Kier alpha value is -0.970. The van der Waals surface area contributed by atoms with Crippen molar-refractivity contribution in [2.24, 2.45) is 0 Å². The summed E-state index contributed by atoms with van der Waals surface area (Å²) < 4.78 is 0. The maximum atomic E-state index is 12.3. The number of rotatable bonds is 2. The standard InChI is InChI=1S/C15H21Cl2N3O/c1-19(2)12-4-3-8-20(9-7-12)15(21)18-11-5-6-13(16)14(17)10-11/h5-6,10,12H,3-4,7-9H2,1-2H3,(H,18,21)/t12-/m1/s1. The third-order valence-corrected chi connectivity index (χ3v) is 4.63. The molecule has 1 N–H and O–H groups in total. The van der Waals surface area contributed by atoms with Crippen LogP contribution in [0.25, 0.3) is 0 Å². The lowest BCUT2D eigenvalue weighted by atomic mass is 10.1. The minimum absolute atomic E-state index is 0.0761. The van der Waals surface area contributed by atoms with Crippen molar-refractivity contribution in [2.45, 2.75) is 25.3 Å². The zero-order chi connectivity index (χ0) is 15.4. The van der Waals surface area contributed by atoms with Gasteiger partial charge in [-0.1, -0.05) is 23.2 Å². The number of urea groups is 1. The molecule has 1 heterocycles. The molecule has 0 unspecified atom stereocenters. The van der Waals surface area contributed by atoms with E-state index in [2.05, 4.69) is 24.3 Å². The van der Waals surface area contributed by atoms with Crippen LogP contribution in [0.5, 0.6) is 0 Å². The number of nitrogens with one attached hydrogen (secondary N) is 1. The van der Waals surface area contributed by atoms with Crippen LogP contribution in [0.2, 0.25) is 10.0 Å². The molecule has 1 atom stereocenters. The summed E-state index contributed by atoms with van der Waals surface area (Å²) >= 11 is 11.8. The predicted octanol–water partition coefficient (Wildman–Crippen LogP) is 3.94. The van der Waals surface area contributed by atoms with Crippen molar-refractivity contribution in [1.29, 1.82) is 0 Å². The van der Waals surface area contributed by atoms with Gasteiger partial charge in [0.1, 0.15) is 0 Å². The maximum Gasteiger partial charge on any atom is 0.321 e. The number of halogens is 2. The fourth-order valence-electron chi connectivity index (χ4n) is 2.57. The summed E-state index contributed by atoms with van der Waals surface area (Å²) in [5, 5.41) is 3.81. The molecule has 6 heteroatoms. The smallest absolute Gasteiger partial charge is 0.321 e. The van der Waals surface area contributed by atoms with E-state index in [0.717, 1.165) is 32.4 Å². The zero-order valence-corrected chi connectivity index (χ0v) is 13.9. The number of amides is 2. The summed E-state index contributed by atoms with van der Waals surface area (Å²) in [4.78, 5) is 16.4. The van der Waals surface area contributed by atoms with Gasteiger partial charge in [-0.3, -0.25) is 0 Å². The number of carbonyl (C=O) groups excluding carboxylic acids is 1. The summed E-state index contributed by atoms with van der Waals surface area (Å²) in [6.45, 7) is 1.56. The van der Waals surface area contributed by atoms with Crippen molar-refractivity contribution in [3.63, 3.8) is 0 Å². The second kappa shape index (κ2) is 7.34. The number of carbonyl (C=O) groups is 1. The highest BCUT2D eigenvalue weighted by molar-refractivity contribution is 6.42. The number of anilines is 1. The lowest BCUT2D eigenvalue weighted by Crippen LogP contribution is -2.36. The van der Waals surface area contributed by atoms with Crippen LogP contribution in [0.15, 0.2) is 18.2 Å². The van der Waals surface area contributed by atoms with Crippen LogP contribution in [0.3, 0.4) is 0 Å². The van der Waals surface area contributed by atoms with Gasteiger partial charge in [0.2, 0.25) is 0 Å². The molecule has 2 rings (SSSR count). The molecule has 4 nitrogen and oxygen atoms in total. The highest BCUT2D eigenvalue weighted by Gasteiger charge is 2.21. The van der Waals surface area contributed by atoms with E-state index >= 15 is 0 Å². The second-order valence-electron chi connectivity index (χ2n) is 5.59. The van der Waals surface area contributed by atoms with E-state index in [4.69, 9.17) is 23.2 Å². The zero-order valence-electron chi connectivity index (χ0n) is 12.4. The first kappa shape index (κ1) is 16.4. The highest BCUT2D eigenvalue weighted by atomic mass is 35.5. The maximum absolute atomic E-state index is 12.3. The Morgan fingerprint density at radius 1 is 1.24 bits per heavy atom. The summed E-state index contributed by atoms with van der Waals surface area (Å²) in [6, 6.07) is 5.58. The number of hydrogen-bond donors (Lipinski definition) is 1. The molecule has 0 aliphatic carbocycles. The first-order valence-electron chi connectivity index (χ1n) is 7.15. The Morgan fingerprint density at radius 2 is 2.00 bits per heavy atom. The van der Waals surface area contributed by atoms with E-state index < -0.39 is 0 Å². The second-order valence-corrected chi connectivity index (χ2v) is 6.41. The van der Waals surface area contributed by atoms with Gasteiger partial charge in [0.15, 0.2) is 0 Å². The van der Waals surface area contributed by atoms with Crippen LogP contribution in [0, 0.1) is 0 Å². The third kappa shape index (κ3) is 4.50. The van der Waals surface area contributed by atoms with Gasteiger partial charge in [-0.15, -0.1) is 0 Å². The molecule has 1 fully saturated rings. The molecule has 1 aliphatic heterocycles. The fraction of sp³-hybridized carbons (Fsp3) is 0.533. The average molecular weight is 330 g/mol. The first-order chi connectivity index (χ1) is 9.97. The molecule has 1 aromatic carbocycles. The fourth-order valence-corrected chi connectivity index (χ4v) is 2.87. The van der Waals surface area contributed by atoms with Crippen molar-refractivity contribution in [2.75, 3.05) is 32.5 Å². The topological polar surface area (TPSA) is 35.6 Å². The molecule has 116 valence electrons. The van der Waals surface area contributed by atoms with Gasteiger partial charge in [0.25, 0.3) is 0 Å². The van der Waals surface area contributed by atoms with E-state index in [9.17, 15) is 4.79 Å². The van der Waals surface area contributed by atoms with Crippen LogP contribution in [0.4, 0.5) is 10.5 Å². The number of nitrogens with zero attached hydrogens (tertiary/aromatic N) is 2. The molecular formula is C15H21Cl2N3O. The van der Waals surface area contributed by atoms with Gasteiger partial charge in [0, 0.05) is 24.8 Å². The van der Waals surface area contributed by atoms with Crippen molar-refractivity contribution in [1.82, 2.24) is 9.80 Å². The lowest BCUT2D eigenvalue weighted by molar-refractivity contribution is 0.210. The molecule has 21 heavy (non-hydrogen) atoms. The van der Waals surface area contributed by atoms with E-state index in [1.165, 1.54) is 0 Å². The van der Waals surface area contributed by atoms with Crippen molar-refractivity contribution in [3.05, 3.63) is 28.2 Å². The van der Waals surface area contributed by atoms with E-state index in [1.807, 2.05) is 4.90 Å². The molecular weight excluding hydrogens is 309 g/mol. The van der Waals surface area contributed by atoms with Crippen LogP contribution in [-0.2, 0) is 0 Å². The molecule has 1 saturated heterocycles. The Kier molecular flexibility index (Phi) is 5.73. The van der Waals surface area contributed by atoms with Gasteiger partial charge in [0.05, 0.1) is 10.0 Å². The Labute approximate surface area is 136 Å². The van der Waals surface area contributed by atoms with Gasteiger partial charge in [-0.05, 0) is 51.6 Å². The number of hydrogen-bond acceptors (Lipinski definition) is 2. The van der Waals surface area contributed by atoms with Crippen molar-refractivity contribution < 1.29 is 4.79 Å². The van der Waals surface area contributed by atoms with E-state index in [1.54, 1.807) is 18.2 Å². The van der Waals surface area contributed by atoms with Gasteiger partial charge < -0.3 is 15.1 Å². The van der Waals surface area contributed by atoms with Crippen LogP contribution in [-0.4, -0.2) is 49.1 Å². The molecule has 0 spiro atoms. The molecule has 1 aromatic rings. The Bertz CT molecular complexity index is 508. The first-order valence-corrected chi connectivity index (χ1v) is 7.90. The van der Waals surface area contributed by atoms with Crippen molar-refractivity contribution >= 4 is 34.9 Å². The number of benzene rings is 1. The predicted molar refractivity (Wildman–Crippen MR) is 88.4 cm³/mol. The molecule has 2 amide bonds. The number of likely N-dealkylation sites (tertiary alicyclic amines) is 1. The van der Waals surface area contributed by atoms with Crippen LogP contribution < -0.4 is 5.32 Å². The molecule has 1 aliphatic rings. The molecule has 0 bridgehead atoms. The molecule has 0 saturated carbocycles. The third-order valence-electron chi connectivity index (χ3n) is 3.89. The Morgan fingerprint density at radius 3 is 2.67 bits per heavy atom. The lowest BCUT2D eigenvalue weighted by Gasteiger charge is -2.23. The molecule has 0 aromatic heterocycles. The highest BCUT2D eigenvalue weighted by Crippen LogP contribution is 2.25. The largest absolute Gasteiger partial charge is 0.324 e.